The van der Waals surface area contributed by atoms with E-state index >= 15 is 0 Å². The Bertz CT molecular complexity index is 1050. The number of rotatable bonds is 5. The lowest BCUT2D eigenvalue weighted by Crippen LogP contribution is -2.43. The second-order valence-corrected chi connectivity index (χ2v) is 10.7. The summed E-state index contributed by atoms with van der Waals surface area (Å²) >= 11 is 0. The first-order valence-corrected chi connectivity index (χ1v) is 12.2. The Morgan fingerprint density at radius 1 is 1.03 bits per heavy atom. The fourth-order valence-corrected chi connectivity index (χ4v) is 4.36. The van der Waals surface area contributed by atoms with E-state index in [0.29, 0.717) is 31.6 Å². The summed E-state index contributed by atoms with van der Waals surface area (Å²) < 4.78 is 31.0. The molecule has 2 aromatic carbocycles. The molecule has 0 aromatic heterocycles. The number of aryl methyl sites for hydroxylation is 1. The summed E-state index contributed by atoms with van der Waals surface area (Å²) in [5, 5.41) is 4.36. The van der Waals surface area contributed by atoms with Gasteiger partial charge in [0.2, 0.25) is 0 Å². The van der Waals surface area contributed by atoms with Crippen molar-refractivity contribution in [3.8, 4) is 0 Å². The molecule has 1 fully saturated rings. The molecule has 1 N–H and O–H groups in total. The van der Waals surface area contributed by atoms with Gasteiger partial charge in [-0.15, -0.1) is 0 Å². The number of sulfonamides is 1. The minimum Gasteiger partial charge on any atom is -0.444 e. The van der Waals surface area contributed by atoms with Crippen LogP contribution in [0.2, 0.25) is 0 Å². The molecular weight excluding hydrogens is 426 g/mol. The van der Waals surface area contributed by atoms with Crippen molar-refractivity contribution in [2.75, 3.05) is 13.1 Å². The molecule has 0 aliphatic carbocycles. The molecule has 1 amide bonds. The largest absolute Gasteiger partial charge is 0.444 e. The number of benzene rings is 2. The smallest absolute Gasteiger partial charge is 0.410 e. The van der Waals surface area contributed by atoms with E-state index in [1.165, 1.54) is 0 Å². The molecule has 0 saturated carbocycles. The molecule has 1 heterocycles. The summed E-state index contributed by atoms with van der Waals surface area (Å²) in [7, 11) is -3.79. The van der Waals surface area contributed by atoms with Gasteiger partial charge in [0, 0.05) is 19.0 Å². The Hall–Kier alpha value is -2.87. The first-order chi connectivity index (χ1) is 15.0. The maximum absolute atomic E-state index is 12.7. The molecule has 0 unspecified atom stereocenters. The summed E-state index contributed by atoms with van der Waals surface area (Å²) in [6.07, 6.45) is 1.01. The minimum absolute atomic E-state index is 0.0109. The lowest BCUT2D eigenvalue weighted by Gasteiger charge is -2.34. The molecule has 172 valence electrons. The molecule has 1 aliphatic rings. The second kappa shape index (κ2) is 9.73. The monoisotopic (exact) mass is 457 g/mol. The lowest BCUT2D eigenvalue weighted by molar-refractivity contribution is 0.0202. The highest BCUT2D eigenvalue weighted by molar-refractivity contribution is 7.89. The molecule has 1 saturated heterocycles. The van der Waals surface area contributed by atoms with E-state index in [0.717, 1.165) is 11.1 Å². The SMILES string of the molecule is Cc1ccc(S(=O)(=O)NN=C(c2ccccc2)C2CCN(C(=O)OC(C)(C)C)CC2)cc1. The summed E-state index contributed by atoms with van der Waals surface area (Å²) in [6.45, 7) is 8.49. The van der Waals surface area contributed by atoms with Crippen LogP contribution in [0.15, 0.2) is 64.6 Å². The number of hydrazone groups is 1. The van der Waals surface area contributed by atoms with Crippen molar-refractivity contribution < 1.29 is 17.9 Å². The number of carbonyl (C=O) groups is 1. The fourth-order valence-electron chi connectivity index (χ4n) is 3.54. The number of piperidine rings is 1. The zero-order chi connectivity index (χ0) is 23.4. The van der Waals surface area contributed by atoms with Gasteiger partial charge in [-0.2, -0.15) is 18.4 Å². The van der Waals surface area contributed by atoms with E-state index < -0.39 is 15.6 Å². The quantitative estimate of drug-likeness (QED) is 0.535. The predicted octanol–water partition coefficient (Wildman–Crippen LogP) is 4.32. The van der Waals surface area contributed by atoms with Gasteiger partial charge in [-0.3, -0.25) is 0 Å². The number of hydrogen-bond acceptors (Lipinski definition) is 5. The topological polar surface area (TPSA) is 88.1 Å². The number of carbonyl (C=O) groups excluding carboxylic acids is 1. The summed E-state index contributed by atoms with van der Waals surface area (Å²) in [5.41, 5.74) is 1.97. The standard InChI is InChI=1S/C24H31N3O4S/c1-18-10-12-21(13-11-18)32(29,30)26-25-22(19-8-6-5-7-9-19)20-14-16-27(17-15-20)23(28)31-24(2,3)4/h5-13,20,26H,14-17H2,1-4H3. The fraction of sp³-hybridized carbons (Fsp3) is 0.417. The highest BCUT2D eigenvalue weighted by atomic mass is 32.2. The van der Waals surface area contributed by atoms with Crippen LogP contribution < -0.4 is 4.83 Å². The Balaban J connectivity index is 1.78. The maximum Gasteiger partial charge on any atom is 0.410 e. The third kappa shape index (κ3) is 6.32. The first-order valence-electron chi connectivity index (χ1n) is 10.7. The van der Waals surface area contributed by atoms with Gasteiger partial charge < -0.3 is 9.64 Å². The van der Waals surface area contributed by atoms with E-state index in [2.05, 4.69) is 9.93 Å². The Labute approximate surface area is 190 Å². The van der Waals surface area contributed by atoms with Crippen LogP contribution >= 0.6 is 0 Å². The van der Waals surface area contributed by atoms with Crippen LogP contribution in [0.4, 0.5) is 4.79 Å². The van der Waals surface area contributed by atoms with Gasteiger partial charge in [-0.1, -0.05) is 48.0 Å². The second-order valence-electron chi connectivity index (χ2n) is 9.01. The Morgan fingerprint density at radius 2 is 1.62 bits per heavy atom. The van der Waals surface area contributed by atoms with Crippen molar-refractivity contribution in [1.29, 1.82) is 0 Å². The van der Waals surface area contributed by atoms with Gasteiger partial charge in [-0.25, -0.2) is 4.79 Å². The van der Waals surface area contributed by atoms with Crippen LogP contribution in [0.25, 0.3) is 0 Å². The Kier molecular flexibility index (Phi) is 7.23. The first kappa shape index (κ1) is 23.8. The molecule has 8 heteroatoms. The van der Waals surface area contributed by atoms with Crippen molar-refractivity contribution in [2.45, 2.75) is 51.0 Å². The molecule has 0 spiro atoms. The molecule has 7 nitrogen and oxygen atoms in total. The molecule has 3 rings (SSSR count). The van der Waals surface area contributed by atoms with Gasteiger partial charge in [0.05, 0.1) is 10.6 Å². The van der Waals surface area contributed by atoms with Gasteiger partial charge in [0.25, 0.3) is 10.0 Å². The molecular formula is C24H31N3O4S. The van der Waals surface area contributed by atoms with Crippen LogP contribution in [-0.4, -0.2) is 43.8 Å². The average molecular weight is 458 g/mol. The summed E-state index contributed by atoms with van der Waals surface area (Å²) in [6, 6.07) is 16.2. The van der Waals surface area contributed by atoms with Crippen molar-refractivity contribution in [2.24, 2.45) is 11.0 Å². The van der Waals surface area contributed by atoms with Crippen molar-refractivity contribution >= 4 is 21.8 Å². The molecule has 0 atom stereocenters. The van der Waals surface area contributed by atoms with Gasteiger partial charge in [-0.05, 0) is 58.2 Å². The molecule has 1 aliphatic heterocycles. The number of amides is 1. The summed E-state index contributed by atoms with van der Waals surface area (Å²) in [4.78, 5) is 16.7. The van der Waals surface area contributed by atoms with Crippen LogP contribution in [0.5, 0.6) is 0 Å². The van der Waals surface area contributed by atoms with Crippen molar-refractivity contribution in [3.05, 3.63) is 65.7 Å². The number of nitrogens with zero attached hydrogens (tertiary/aromatic N) is 2. The number of ether oxygens (including phenoxy) is 1. The molecule has 0 bridgehead atoms. The molecule has 32 heavy (non-hydrogen) atoms. The predicted molar refractivity (Wildman–Crippen MR) is 125 cm³/mol. The third-order valence-electron chi connectivity index (χ3n) is 5.22. The maximum atomic E-state index is 12.7. The number of hydrogen-bond donors (Lipinski definition) is 1. The average Bonchev–Trinajstić information content (AvgIpc) is 2.74. The van der Waals surface area contributed by atoms with Crippen LogP contribution in [0, 0.1) is 12.8 Å². The zero-order valence-electron chi connectivity index (χ0n) is 19.0. The van der Waals surface area contributed by atoms with Crippen molar-refractivity contribution in [3.63, 3.8) is 0 Å². The highest BCUT2D eigenvalue weighted by Crippen LogP contribution is 2.24. The number of nitrogens with one attached hydrogen (secondary N) is 1. The van der Waals surface area contributed by atoms with Crippen LogP contribution in [-0.2, 0) is 14.8 Å². The van der Waals surface area contributed by atoms with Gasteiger partial charge >= 0.3 is 6.09 Å². The minimum atomic E-state index is -3.79. The molecule has 2 aromatic rings. The van der Waals surface area contributed by atoms with Crippen LogP contribution in [0.3, 0.4) is 0 Å². The van der Waals surface area contributed by atoms with E-state index in [-0.39, 0.29) is 16.9 Å². The van der Waals surface area contributed by atoms with E-state index in [4.69, 9.17) is 4.74 Å². The van der Waals surface area contributed by atoms with E-state index in [9.17, 15) is 13.2 Å². The normalized spacial score (nSPS) is 16.0. The van der Waals surface area contributed by atoms with E-state index in [1.807, 2.05) is 58.0 Å². The van der Waals surface area contributed by atoms with Crippen LogP contribution in [0.1, 0.15) is 44.7 Å². The van der Waals surface area contributed by atoms with Gasteiger partial charge in [0.15, 0.2) is 0 Å². The zero-order valence-corrected chi connectivity index (χ0v) is 19.9. The molecule has 0 radical (unpaired) electrons. The van der Waals surface area contributed by atoms with Crippen molar-refractivity contribution in [1.82, 2.24) is 9.73 Å². The number of likely N-dealkylation sites (tertiary alicyclic amines) is 1. The van der Waals surface area contributed by atoms with E-state index in [1.54, 1.807) is 29.2 Å². The Morgan fingerprint density at radius 3 is 2.19 bits per heavy atom. The highest BCUT2D eigenvalue weighted by Gasteiger charge is 2.30. The summed E-state index contributed by atoms with van der Waals surface area (Å²) in [5.74, 6) is 0.0109. The van der Waals surface area contributed by atoms with Gasteiger partial charge in [0.1, 0.15) is 5.60 Å². The lowest BCUT2D eigenvalue weighted by atomic mass is 9.88. The third-order valence-corrected chi connectivity index (χ3v) is 6.44.